The van der Waals surface area contributed by atoms with E-state index in [0.717, 1.165) is 31.9 Å². The molecular weight excluding hydrogens is 274 g/mol. The Balaban J connectivity index is 1.74. The molecule has 1 fully saturated rings. The van der Waals surface area contributed by atoms with Crippen LogP contribution in [-0.2, 0) is 5.75 Å². The molecule has 0 amide bonds. The molecule has 1 aromatic heterocycles. The highest BCUT2D eigenvalue weighted by atomic mass is 32.2. The summed E-state index contributed by atoms with van der Waals surface area (Å²) < 4.78 is 0. The molecule has 0 saturated carbocycles. The van der Waals surface area contributed by atoms with Crippen molar-refractivity contribution >= 4 is 28.2 Å². The zero-order chi connectivity index (χ0) is 12.7. The summed E-state index contributed by atoms with van der Waals surface area (Å²) in [4.78, 5) is 10.1. The van der Waals surface area contributed by atoms with Gasteiger partial charge in [-0.3, -0.25) is 0 Å². The summed E-state index contributed by atoms with van der Waals surface area (Å²) in [5, 5.41) is 4.59. The van der Waals surface area contributed by atoms with Crippen molar-refractivity contribution in [2.24, 2.45) is 0 Å². The molecule has 0 unspecified atom stereocenters. The van der Waals surface area contributed by atoms with Gasteiger partial charge >= 0.3 is 0 Å². The number of thioether (sulfide) groups is 1. The van der Waals surface area contributed by atoms with Gasteiger partial charge in [0, 0.05) is 47.3 Å². The minimum atomic E-state index is 1.07. The largest absolute Gasteiger partial charge is 0.346 e. The van der Waals surface area contributed by atoms with Crippen molar-refractivity contribution in [2.75, 3.05) is 31.1 Å². The van der Waals surface area contributed by atoms with Gasteiger partial charge in [0.15, 0.2) is 5.13 Å². The van der Waals surface area contributed by atoms with E-state index in [-0.39, 0.29) is 0 Å². The van der Waals surface area contributed by atoms with Crippen molar-refractivity contribution in [3.8, 4) is 11.3 Å². The summed E-state index contributed by atoms with van der Waals surface area (Å²) in [7, 11) is 0. The quantitative estimate of drug-likeness (QED) is 0.874. The van der Waals surface area contributed by atoms with E-state index in [0.29, 0.717) is 0 Å². The van der Waals surface area contributed by atoms with Gasteiger partial charge in [-0.05, 0) is 6.07 Å². The van der Waals surface area contributed by atoms with Gasteiger partial charge in [0.05, 0.1) is 5.69 Å². The fourth-order valence-corrected chi connectivity index (χ4v) is 4.82. The van der Waals surface area contributed by atoms with Crippen LogP contribution in [0.5, 0.6) is 0 Å². The van der Waals surface area contributed by atoms with Crippen molar-refractivity contribution in [1.82, 2.24) is 10.3 Å². The molecule has 3 nitrogen and oxygen atoms in total. The second-order valence-electron chi connectivity index (χ2n) is 4.79. The number of benzene rings is 1. The molecule has 1 saturated heterocycles. The first-order valence-electron chi connectivity index (χ1n) is 6.59. The maximum Gasteiger partial charge on any atom is 0.186 e. The van der Waals surface area contributed by atoms with Gasteiger partial charge in [0.1, 0.15) is 0 Å². The SMILES string of the molecule is c1ccc2c(c1)SCc1sc(N3CCNCC3)nc1-2. The summed E-state index contributed by atoms with van der Waals surface area (Å²) in [5.41, 5.74) is 2.53. The van der Waals surface area contributed by atoms with Gasteiger partial charge in [0.2, 0.25) is 0 Å². The highest BCUT2D eigenvalue weighted by molar-refractivity contribution is 7.98. The third-order valence-electron chi connectivity index (χ3n) is 3.57. The summed E-state index contributed by atoms with van der Waals surface area (Å²) in [6.07, 6.45) is 0. The number of hydrogen-bond donors (Lipinski definition) is 1. The number of nitrogens with zero attached hydrogens (tertiary/aromatic N) is 2. The molecule has 2 aliphatic rings. The van der Waals surface area contributed by atoms with Crippen molar-refractivity contribution < 1.29 is 0 Å². The fourth-order valence-electron chi connectivity index (χ4n) is 2.57. The molecule has 5 heteroatoms. The second kappa shape index (κ2) is 4.81. The average molecular weight is 289 g/mol. The second-order valence-corrected chi connectivity index (χ2v) is 6.87. The number of thiazole rings is 1. The lowest BCUT2D eigenvalue weighted by molar-refractivity contribution is 0.588. The summed E-state index contributed by atoms with van der Waals surface area (Å²) in [5.74, 6) is 1.07. The topological polar surface area (TPSA) is 28.2 Å². The van der Waals surface area contributed by atoms with Crippen molar-refractivity contribution in [2.45, 2.75) is 10.6 Å². The van der Waals surface area contributed by atoms with Gasteiger partial charge in [-0.25, -0.2) is 4.98 Å². The molecule has 3 heterocycles. The van der Waals surface area contributed by atoms with E-state index in [1.54, 1.807) is 0 Å². The van der Waals surface area contributed by atoms with E-state index in [1.165, 1.54) is 26.2 Å². The van der Waals surface area contributed by atoms with E-state index in [9.17, 15) is 0 Å². The van der Waals surface area contributed by atoms with E-state index >= 15 is 0 Å². The van der Waals surface area contributed by atoms with Crippen LogP contribution in [-0.4, -0.2) is 31.2 Å². The van der Waals surface area contributed by atoms with E-state index in [4.69, 9.17) is 4.98 Å². The summed E-state index contributed by atoms with van der Waals surface area (Å²) >= 11 is 3.80. The predicted octanol–water partition coefficient (Wildman–Crippen LogP) is 2.83. The summed E-state index contributed by atoms with van der Waals surface area (Å²) in [6, 6.07) is 8.62. The number of aromatic nitrogens is 1. The van der Waals surface area contributed by atoms with Crippen LogP contribution in [0.25, 0.3) is 11.3 Å². The van der Waals surface area contributed by atoms with Crippen LogP contribution in [0.3, 0.4) is 0 Å². The minimum Gasteiger partial charge on any atom is -0.346 e. The Labute approximate surface area is 121 Å². The molecule has 2 aromatic rings. The Bertz CT molecular complexity index is 602. The van der Waals surface area contributed by atoms with Crippen LogP contribution >= 0.6 is 23.1 Å². The highest BCUT2D eigenvalue weighted by Crippen LogP contribution is 2.45. The lowest BCUT2D eigenvalue weighted by atomic mass is 10.1. The molecule has 0 atom stereocenters. The lowest BCUT2D eigenvalue weighted by Crippen LogP contribution is -2.43. The molecule has 98 valence electrons. The number of fused-ring (bicyclic) bond motifs is 3. The van der Waals surface area contributed by atoms with Crippen LogP contribution in [0.15, 0.2) is 29.2 Å². The number of nitrogens with one attached hydrogen (secondary N) is 1. The van der Waals surface area contributed by atoms with Crippen molar-refractivity contribution in [3.05, 3.63) is 29.1 Å². The lowest BCUT2D eigenvalue weighted by Gasteiger charge is -2.26. The van der Waals surface area contributed by atoms with Crippen LogP contribution < -0.4 is 10.2 Å². The predicted molar refractivity (Wildman–Crippen MR) is 82.2 cm³/mol. The smallest absolute Gasteiger partial charge is 0.186 e. The molecule has 2 aliphatic heterocycles. The third-order valence-corrected chi connectivity index (χ3v) is 5.97. The number of hydrogen-bond acceptors (Lipinski definition) is 5. The van der Waals surface area contributed by atoms with Gasteiger partial charge < -0.3 is 10.2 Å². The molecule has 1 aromatic carbocycles. The molecule has 19 heavy (non-hydrogen) atoms. The number of rotatable bonds is 1. The standard InChI is InChI=1S/C14H15N3S2/c1-2-4-11-10(3-1)13-12(9-18-11)19-14(16-13)17-7-5-15-6-8-17/h1-4,15H,5-9H2. The fraction of sp³-hybridized carbons (Fsp3) is 0.357. The zero-order valence-electron chi connectivity index (χ0n) is 10.6. The zero-order valence-corrected chi connectivity index (χ0v) is 12.2. The van der Waals surface area contributed by atoms with E-state index in [1.807, 2.05) is 23.1 Å². The first-order valence-corrected chi connectivity index (χ1v) is 8.39. The Morgan fingerprint density at radius 3 is 2.89 bits per heavy atom. The first kappa shape index (κ1) is 11.8. The average Bonchev–Trinajstić information content (AvgIpc) is 2.93. The van der Waals surface area contributed by atoms with Crippen LogP contribution in [0.1, 0.15) is 4.88 Å². The number of anilines is 1. The maximum atomic E-state index is 4.92. The van der Waals surface area contributed by atoms with Gasteiger partial charge in [-0.2, -0.15) is 0 Å². The Morgan fingerprint density at radius 1 is 1.16 bits per heavy atom. The van der Waals surface area contributed by atoms with Crippen molar-refractivity contribution in [1.29, 1.82) is 0 Å². The maximum absolute atomic E-state index is 4.92. The molecule has 1 N–H and O–H groups in total. The monoisotopic (exact) mass is 289 g/mol. The number of piperazine rings is 1. The van der Waals surface area contributed by atoms with Crippen LogP contribution in [0.2, 0.25) is 0 Å². The summed E-state index contributed by atoms with van der Waals surface area (Å²) in [6.45, 7) is 4.27. The van der Waals surface area contributed by atoms with Crippen LogP contribution in [0, 0.1) is 0 Å². The van der Waals surface area contributed by atoms with E-state index in [2.05, 4.69) is 34.5 Å². The Morgan fingerprint density at radius 2 is 2.00 bits per heavy atom. The highest BCUT2D eigenvalue weighted by Gasteiger charge is 2.23. The van der Waals surface area contributed by atoms with Crippen LogP contribution in [0.4, 0.5) is 5.13 Å². The molecule has 0 bridgehead atoms. The van der Waals surface area contributed by atoms with Gasteiger partial charge in [0.25, 0.3) is 0 Å². The molecule has 0 aliphatic carbocycles. The minimum absolute atomic E-state index is 1.07. The first-order chi connectivity index (χ1) is 9.42. The van der Waals surface area contributed by atoms with Crippen molar-refractivity contribution in [3.63, 3.8) is 0 Å². The molecular formula is C14H15N3S2. The third kappa shape index (κ3) is 2.06. The Hall–Kier alpha value is -1.04. The molecule has 0 spiro atoms. The Kier molecular flexibility index (Phi) is 2.98. The normalized spacial score (nSPS) is 18.0. The van der Waals surface area contributed by atoms with Gasteiger partial charge in [-0.1, -0.05) is 18.2 Å². The van der Waals surface area contributed by atoms with E-state index < -0.39 is 0 Å². The molecule has 4 rings (SSSR count). The molecule has 0 radical (unpaired) electrons. The van der Waals surface area contributed by atoms with Gasteiger partial charge in [-0.15, -0.1) is 23.1 Å².